The molecule has 29 heavy (non-hydrogen) atoms. The number of ether oxygens (including phenoxy) is 1. The van der Waals surface area contributed by atoms with Gasteiger partial charge in [-0.05, 0) is 30.3 Å². The number of carbonyl (C=O) groups excluding carboxylic acids is 1. The smallest absolute Gasteiger partial charge is 0.251 e. The average molecular weight is 383 g/mol. The van der Waals surface area contributed by atoms with Gasteiger partial charge in [0.1, 0.15) is 11.0 Å². The zero-order valence-corrected chi connectivity index (χ0v) is 15.7. The minimum absolute atomic E-state index is 0.172. The minimum atomic E-state index is -0.172. The molecule has 7 heteroatoms. The Hall–Kier alpha value is -3.71. The fourth-order valence-corrected chi connectivity index (χ4v) is 3.52. The van der Waals surface area contributed by atoms with Gasteiger partial charge in [-0.15, -0.1) is 0 Å². The number of aromatic nitrogens is 4. The van der Waals surface area contributed by atoms with Crippen molar-refractivity contribution in [3.8, 4) is 0 Å². The van der Waals surface area contributed by atoms with E-state index in [4.69, 9.17) is 14.7 Å². The van der Waals surface area contributed by atoms with Crippen LogP contribution in [0.4, 0.5) is 0 Å². The molecule has 0 aliphatic rings. The highest BCUT2D eigenvalue weighted by Gasteiger charge is 2.14. The second kappa shape index (κ2) is 7.03. The number of hydrogen-bond acceptors (Lipinski definition) is 6. The lowest BCUT2D eigenvalue weighted by atomic mass is 10.1. The monoisotopic (exact) mass is 383 g/mol. The van der Waals surface area contributed by atoms with Crippen molar-refractivity contribution in [3.05, 3.63) is 60.4 Å². The summed E-state index contributed by atoms with van der Waals surface area (Å²) in [6.45, 7) is 0.907. The second-order valence-corrected chi connectivity index (χ2v) is 6.67. The van der Waals surface area contributed by atoms with Gasteiger partial charge in [-0.1, -0.05) is 12.1 Å². The number of rotatable bonds is 4. The first-order valence-electron chi connectivity index (χ1n) is 9.26. The molecule has 1 N–H and O–H groups in total. The van der Waals surface area contributed by atoms with Crippen molar-refractivity contribution >= 4 is 49.8 Å². The van der Waals surface area contributed by atoms with E-state index < -0.39 is 0 Å². The molecule has 0 unspecified atom stereocenters. The average Bonchev–Trinajstić information content (AvgIpc) is 2.78. The lowest BCUT2D eigenvalue weighted by molar-refractivity contribution is 0.0937. The van der Waals surface area contributed by atoms with Crippen LogP contribution in [0.3, 0.4) is 0 Å². The Morgan fingerprint density at radius 1 is 0.897 bits per heavy atom. The Kier molecular flexibility index (Phi) is 4.22. The first kappa shape index (κ1) is 17.4. The molecular formula is C22H17N5O2. The molecule has 5 rings (SSSR count). The molecule has 3 aromatic heterocycles. The van der Waals surface area contributed by atoms with Crippen molar-refractivity contribution < 1.29 is 9.53 Å². The molecule has 2 aromatic carbocycles. The zero-order valence-electron chi connectivity index (χ0n) is 15.7. The van der Waals surface area contributed by atoms with Crippen LogP contribution in [0, 0.1) is 0 Å². The van der Waals surface area contributed by atoms with Gasteiger partial charge in [-0.3, -0.25) is 14.8 Å². The Balaban J connectivity index is 1.75. The van der Waals surface area contributed by atoms with Gasteiger partial charge in [0.25, 0.3) is 5.91 Å². The first-order chi connectivity index (χ1) is 14.3. The maximum Gasteiger partial charge on any atom is 0.251 e. The molecule has 0 saturated heterocycles. The van der Waals surface area contributed by atoms with Gasteiger partial charge >= 0.3 is 0 Å². The number of benzene rings is 2. The lowest BCUT2D eigenvalue weighted by Crippen LogP contribution is -2.26. The highest BCUT2D eigenvalue weighted by Crippen LogP contribution is 2.31. The van der Waals surface area contributed by atoms with Crippen LogP contribution in [0.2, 0.25) is 0 Å². The number of carbonyl (C=O) groups is 1. The van der Waals surface area contributed by atoms with Crippen LogP contribution < -0.4 is 5.32 Å². The fourth-order valence-electron chi connectivity index (χ4n) is 3.52. The Labute approximate surface area is 165 Å². The summed E-state index contributed by atoms with van der Waals surface area (Å²) in [4.78, 5) is 31.1. The standard InChI is InChI=1S/C22H17N5O2/c1-29-11-10-25-22(28)13-6-7-16-17(12-13)27-21-19-15(5-3-9-24-19)14-4-2-8-23-18(14)20(21)26-16/h2-9,12H,10-11H2,1H3,(H,25,28). The molecular weight excluding hydrogens is 366 g/mol. The second-order valence-electron chi connectivity index (χ2n) is 6.67. The number of fused-ring (bicyclic) bond motifs is 7. The summed E-state index contributed by atoms with van der Waals surface area (Å²) in [6.07, 6.45) is 3.50. The summed E-state index contributed by atoms with van der Waals surface area (Å²) >= 11 is 0. The third-order valence-electron chi connectivity index (χ3n) is 4.87. The number of nitrogens with zero attached hydrogens (tertiary/aromatic N) is 4. The van der Waals surface area contributed by atoms with Crippen LogP contribution in [0.15, 0.2) is 54.9 Å². The third kappa shape index (κ3) is 2.92. The molecule has 142 valence electrons. The van der Waals surface area contributed by atoms with Gasteiger partial charge in [0, 0.05) is 42.4 Å². The largest absolute Gasteiger partial charge is 0.383 e. The summed E-state index contributed by atoms with van der Waals surface area (Å²) in [7, 11) is 1.60. The normalized spacial score (nSPS) is 11.5. The molecule has 0 bridgehead atoms. The minimum Gasteiger partial charge on any atom is -0.383 e. The van der Waals surface area contributed by atoms with Crippen molar-refractivity contribution in [1.29, 1.82) is 0 Å². The van der Waals surface area contributed by atoms with Gasteiger partial charge in [0.15, 0.2) is 0 Å². The van der Waals surface area contributed by atoms with E-state index in [1.165, 1.54) is 0 Å². The maximum atomic E-state index is 12.4. The predicted octanol–water partition coefficient (Wildman–Crippen LogP) is 3.26. The lowest BCUT2D eigenvalue weighted by Gasteiger charge is -2.09. The number of nitrogens with one attached hydrogen (secondary N) is 1. The Morgan fingerprint density at radius 3 is 2.21 bits per heavy atom. The fraction of sp³-hybridized carbons (Fsp3) is 0.136. The molecule has 0 fully saturated rings. The van der Waals surface area contributed by atoms with Crippen LogP contribution in [0.25, 0.3) is 43.9 Å². The van der Waals surface area contributed by atoms with Gasteiger partial charge in [0.05, 0.1) is 28.7 Å². The summed E-state index contributed by atoms with van der Waals surface area (Å²) in [5.74, 6) is -0.172. The van der Waals surface area contributed by atoms with Gasteiger partial charge in [-0.2, -0.15) is 0 Å². The summed E-state index contributed by atoms with van der Waals surface area (Å²) in [5, 5.41) is 4.79. The zero-order chi connectivity index (χ0) is 19.8. The van der Waals surface area contributed by atoms with E-state index in [0.29, 0.717) is 40.8 Å². The molecule has 5 aromatic rings. The number of amides is 1. The molecule has 3 heterocycles. The van der Waals surface area contributed by atoms with E-state index in [1.807, 2.05) is 30.3 Å². The van der Waals surface area contributed by atoms with Gasteiger partial charge in [0.2, 0.25) is 0 Å². The van der Waals surface area contributed by atoms with E-state index in [0.717, 1.165) is 21.8 Å². The molecule has 1 amide bonds. The first-order valence-corrected chi connectivity index (χ1v) is 9.26. The van der Waals surface area contributed by atoms with E-state index in [9.17, 15) is 4.79 Å². The van der Waals surface area contributed by atoms with Gasteiger partial charge < -0.3 is 10.1 Å². The Bertz CT molecular complexity index is 1400. The van der Waals surface area contributed by atoms with Crippen LogP contribution >= 0.6 is 0 Å². The summed E-state index contributed by atoms with van der Waals surface area (Å²) in [5.41, 5.74) is 4.81. The summed E-state index contributed by atoms with van der Waals surface area (Å²) in [6, 6.07) is 13.1. The quantitative estimate of drug-likeness (QED) is 0.291. The molecule has 0 spiro atoms. The molecule has 0 aliphatic heterocycles. The number of methoxy groups -OCH3 is 1. The number of pyridine rings is 2. The van der Waals surface area contributed by atoms with Crippen molar-refractivity contribution in [2.75, 3.05) is 20.3 Å². The maximum absolute atomic E-state index is 12.4. The van der Waals surface area contributed by atoms with Gasteiger partial charge in [-0.25, -0.2) is 9.97 Å². The molecule has 0 radical (unpaired) electrons. The van der Waals surface area contributed by atoms with E-state index >= 15 is 0 Å². The van der Waals surface area contributed by atoms with E-state index in [-0.39, 0.29) is 5.91 Å². The highest BCUT2D eigenvalue weighted by atomic mass is 16.5. The SMILES string of the molecule is COCCNC(=O)c1ccc2nc3c4ncccc4c4cccnc4c3nc2c1. The van der Waals surface area contributed by atoms with Crippen molar-refractivity contribution in [2.24, 2.45) is 0 Å². The highest BCUT2D eigenvalue weighted by molar-refractivity contribution is 6.21. The van der Waals surface area contributed by atoms with Crippen molar-refractivity contribution in [3.63, 3.8) is 0 Å². The predicted molar refractivity (Wildman–Crippen MR) is 112 cm³/mol. The molecule has 0 aliphatic carbocycles. The van der Waals surface area contributed by atoms with Crippen molar-refractivity contribution in [1.82, 2.24) is 25.3 Å². The molecule has 0 saturated carbocycles. The topological polar surface area (TPSA) is 89.9 Å². The van der Waals surface area contributed by atoms with E-state index in [1.54, 1.807) is 31.6 Å². The molecule has 0 atom stereocenters. The van der Waals surface area contributed by atoms with Crippen LogP contribution in [0.5, 0.6) is 0 Å². The van der Waals surface area contributed by atoms with E-state index in [2.05, 4.69) is 15.3 Å². The molecule has 7 nitrogen and oxygen atoms in total. The van der Waals surface area contributed by atoms with Crippen LogP contribution in [-0.4, -0.2) is 46.1 Å². The third-order valence-corrected chi connectivity index (χ3v) is 4.87. The van der Waals surface area contributed by atoms with Crippen LogP contribution in [0.1, 0.15) is 10.4 Å². The van der Waals surface area contributed by atoms with Crippen molar-refractivity contribution in [2.45, 2.75) is 0 Å². The Morgan fingerprint density at radius 2 is 1.55 bits per heavy atom. The number of hydrogen-bond donors (Lipinski definition) is 1. The summed E-state index contributed by atoms with van der Waals surface area (Å²) < 4.78 is 4.97. The van der Waals surface area contributed by atoms with Crippen LogP contribution in [-0.2, 0) is 4.74 Å².